The van der Waals surface area contributed by atoms with Gasteiger partial charge in [0.25, 0.3) is 5.91 Å². The van der Waals surface area contributed by atoms with Crippen molar-refractivity contribution < 1.29 is 13.2 Å². The van der Waals surface area contributed by atoms with Crippen molar-refractivity contribution in [1.82, 2.24) is 10.6 Å². The van der Waals surface area contributed by atoms with Crippen LogP contribution in [0.5, 0.6) is 0 Å². The molecule has 0 spiro atoms. The molecule has 1 rings (SSSR count). The number of benzene rings is 1. The van der Waals surface area contributed by atoms with E-state index in [0.717, 1.165) is 0 Å². The minimum Gasteiger partial charge on any atom is -0.350 e. The molecule has 1 unspecified atom stereocenters. The smallest absolute Gasteiger partial charge is 0.251 e. The SMILES string of the molecule is CNC(C)CNC(=O)c1cc(Br)cc(S(N)(=O)=O)c1C.Cl. The maximum atomic E-state index is 12.1. The maximum Gasteiger partial charge on any atom is 0.251 e. The fourth-order valence-corrected chi connectivity index (χ4v) is 3.07. The van der Waals surface area contributed by atoms with Gasteiger partial charge in [-0.05, 0) is 38.6 Å². The Balaban J connectivity index is 0.00000400. The molecule has 0 fully saturated rings. The first kappa shape index (κ1) is 20.3. The molecular formula is C12H19BrClN3O3S. The number of nitrogens with two attached hydrogens (primary N) is 1. The van der Waals surface area contributed by atoms with Crippen LogP contribution in [0.25, 0.3) is 0 Å². The zero-order valence-electron chi connectivity index (χ0n) is 11.9. The first-order valence-electron chi connectivity index (χ1n) is 5.95. The lowest BCUT2D eigenvalue weighted by molar-refractivity contribution is 0.0949. The number of hydrogen-bond acceptors (Lipinski definition) is 4. The Bertz CT molecular complexity index is 622. The zero-order valence-corrected chi connectivity index (χ0v) is 15.2. The summed E-state index contributed by atoms with van der Waals surface area (Å²) in [4.78, 5) is 12.1. The summed E-state index contributed by atoms with van der Waals surface area (Å²) in [6, 6.07) is 3.07. The molecule has 21 heavy (non-hydrogen) atoms. The molecule has 0 heterocycles. The van der Waals surface area contributed by atoms with Crippen LogP contribution in [0.2, 0.25) is 0 Å². The molecule has 0 saturated heterocycles. The van der Waals surface area contributed by atoms with Gasteiger partial charge < -0.3 is 10.6 Å². The molecule has 0 aliphatic rings. The summed E-state index contributed by atoms with van der Waals surface area (Å²) in [6.45, 7) is 3.92. The zero-order chi connectivity index (χ0) is 15.5. The van der Waals surface area contributed by atoms with Crippen molar-refractivity contribution >= 4 is 44.3 Å². The molecule has 1 amide bonds. The second kappa shape index (κ2) is 8.09. The van der Waals surface area contributed by atoms with E-state index in [2.05, 4.69) is 26.6 Å². The number of rotatable bonds is 5. The molecule has 0 saturated carbocycles. The predicted octanol–water partition coefficient (Wildman–Crippen LogP) is 1.16. The Morgan fingerprint density at radius 1 is 1.43 bits per heavy atom. The summed E-state index contributed by atoms with van der Waals surface area (Å²) in [6.07, 6.45) is 0. The number of halogens is 2. The summed E-state index contributed by atoms with van der Waals surface area (Å²) in [7, 11) is -2.08. The lowest BCUT2D eigenvalue weighted by Crippen LogP contribution is -2.37. The second-order valence-electron chi connectivity index (χ2n) is 4.52. The van der Waals surface area contributed by atoms with E-state index >= 15 is 0 Å². The molecule has 120 valence electrons. The first-order chi connectivity index (χ1) is 9.16. The van der Waals surface area contributed by atoms with Gasteiger partial charge in [0.2, 0.25) is 10.0 Å². The van der Waals surface area contributed by atoms with Crippen LogP contribution < -0.4 is 15.8 Å². The normalized spacial score (nSPS) is 12.4. The molecule has 1 aromatic carbocycles. The van der Waals surface area contributed by atoms with E-state index in [4.69, 9.17) is 5.14 Å². The summed E-state index contributed by atoms with van der Waals surface area (Å²) in [5, 5.41) is 10.9. The highest BCUT2D eigenvalue weighted by molar-refractivity contribution is 9.10. The van der Waals surface area contributed by atoms with Crippen LogP contribution in [0, 0.1) is 6.92 Å². The van der Waals surface area contributed by atoms with Crippen molar-refractivity contribution in [2.24, 2.45) is 5.14 Å². The van der Waals surface area contributed by atoms with E-state index in [9.17, 15) is 13.2 Å². The summed E-state index contributed by atoms with van der Waals surface area (Å²) in [5.74, 6) is -0.337. The Hall–Kier alpha value is -0.670. The van der Waals surface area contributed by atoms with Gasteiger partial charge in [0.1, 0.15) is 0 Å². The third kappa shape index (κ3) is 5.55. The predicted molar refractivity (Wildman–Crippen MR) is 88.4 cm³/mol. The molecule has 0 aliphatic heterocycles. The number of nitrogens with one attached hydrogen (secondary N) is 2. The van der Waals surface area contributed by atoms with Gasteiger partial charge in [0.15, 0.2) is 0 Å². The Labute approximate surface area is 139 Å². The number of carbonyl (C=O) groups is 1. The Morgan fingerprint density at radius 3 is 2.48 bits per heavy atom. The van der Waals surface area contributed by atoms with Crippen molar-refractivity contribution in [1.29, 1.82) is 0 Å². The largest absolute Gasteiger partial charge is 0.350 e. The monoisotopic (exact) mass is 399 g/mol. The van der Waals surface area contributed by atoms with Gasteiger partial charge in [-0.15, -0.1) is 12.4 Å². The Morgan fingerprint density at radius 2 is 2.00 bits per heavy atom. The van der Waals surface area contributed by atoms with E-state index in [1.807, 2.05) is 6.92 Å². The number of likely N-dealkylation sites (N-methyl/N-ethyl adjacent to an activating group) is 1. The topological polar surface area (TPSA) is 101 Å². The average Bonchev–Trinajstić information content (AvgIpc) is 2.36. The lowest BCUT2D eigenvalue weighted by Gasteiger charge is -2.14. The number of amides is 1. The highest BCUT2D eigenvalue weighted by atomic mass is 79.9. The fourth-order valence-electron chi connectivity index (χ4n) is 1.63. The molecule has 6 nitrogen and oxygen atoms in total. The highest BCUT2D eigenvalue weighted by Gasteiger charge is 2.19. The molecule has 1 atom stereocenters. The quantitative estimate of drug-likeness (QED) is 0.690. The van der Waals surface area contributed by atoms with Gasteiger partial charge in [-0.1, -0.05) is 15.9 Å². The van der Waals surface area contributed by atoms with Crippen LogP contribution >= 0.6 is 28.3 Å². The van der Waals surface area contributed by atoms with Crippen LogP contribution in [-0.2, 0) is 10.0 Å². The van der Waals surface area contributed by atoms with Crippen molar-refractivity contribution in [3.63, 3.8) is 0 Å². The van der Waals surface area contributed by atoms with Crippen LogP contribution in [0.1, 0.15) is 22.8 Å². The molecule has 9 heteroatoms. The molecule has 0 aromatic heterocycles. The third-order valence-electron chi connectivity index (χ3n) is 2.94. The van der Waals surface area contributed by atoms with Crippen LogP contribution in [0.3, 0.4) is 0 Å². The molecule has 0 radical (unpaired) electrons. The van der Waals surface area contributed by atoms with Gasteiger partial charge in [-0.2, -0.15) is 0 Å². The van der Waals surface area contributed by atoms with Crippen LogP contribution in [0.4, 0.5) is 0 Å². The fraction of sp³-hybridized carbons (Fsp3) is 0.417. The highest BCUT2D eigenvalue weighted by Crippen LogP contribution is 2.23. The first-order valence-corrected chi connectivity index (χ1v) is 8.29. The number of sulfonamides is 1. The third-order valence-corrected chi connectivity index (χ3v) is 4.43. The van der Waals surface area contributed by atoms with E-state index in [1.165, 1.54) is 6.07 Å². The van der Waals surface area contributed by atoms with Gasteiger partial charge in [0, 0.05) is 22.6 Å². The van der Waals surface area contributed by atoms with Crippen molar-refractivity contribution in [2.75, 3.05) is 13.6 Å². The standard InChI is InChI=1S/C12H18BrN3O3S.ClH/c1-7(15-3)6-16-12(17)10-4-9(13)5-11(8(10)2)20(14,18)19;/h4-5,7,15H,6H2,1-3H3,(H,16,17)(H2,14,18,19);1H. The van der Waals surface area contributed by atoms with Gasteiger partial charge in [0.05, 0.1) is 4.90 Å². The summed E-state index contributed by atoms with van der Waals surface area (Å²) < 4.78 is 23.5. The van der Waals surface area contributed by atoms with E-state index in [1.54, 1.807) is 20.0 Å². The minimum atomic E-state index is -3.87. The average molecular weight is 401 g/mol. The minimum absolute atomic E-state index is 0. The summed E-state index contributed by atoms with van der Waals surface area (Å²) >= 11 is 3.19. The van der Waals surface area contributed by atoms with Gasteiger partial charge in [-0.25, -0.2) is 13.6 Å². The van der Waals surface area contributed by atoms with Crippen LogP contribution in [-0.4, -0.2) is 34.0 Å². The van der Waals surface area contributed by atoms with E-state index < -0.39 is 10.0 Å². The molecule has 4 N–H and O–H groups in total. The molecule has 0 bridgehead atoms. The van der Waals surface area contributed by atoms with E-state index in [0.29, 0.717) is 16.6 Å². The van der Waals surface area contributed by atoms with Crippen molar-refractivity contribution in [2.45, 2.75) is 24.8 Å². The van der Waals surface area contributed by atoms with Gasteiger partial charge >= 0.3 is 0 Å². The Kier molecular flexibility index (Phi) is 7.83. The molecule has 0 aliphatic carbocycles. The van der Waals surface area contributed by atoms with Crippen molar-refractivity contribution in [3.05, 3.63) is 27.7 Å². The van der Waals surface area contributed by atoms with Gasteiger partial charge in [-0.3, -0.25) is 4.79 Å². The molecular weight excluding hydrogens is 382 g/mol. The second-order valence-corrected chi connectivity index (χ2v) is 6.97. The molecule has 1 aromatic rings. The lowest BCUT2D eigenvalue weighted by atomic mass is 10.1. The maximum absolute atomic E-state index is 12.1. The van der Waals surface area contributed by atoms with Crippen molar-refractivity contribution in [3.8, 4) is 0 Å². The number of primary sulfonamides is 1. The van der Waals surface area contributed by atoms with Crippen LogP contribution in [0.15, 0.2) is 21.5 Å². The number of hydrogen-bond donors (Lipinski definition) is 3. The number of carbonyl (C=O) groups excluding carboxylic acids is 1. The summed E-state index contributed by atoms with van der Waals surface area (Å²) in [5.41, 5.74) is 0.622. The van der Waals surface area contributed by atoms with E-state index in [-0.39, 0.29) is 34.8 Å².